The molecule has 0 aliphatic heterocycles. The van der Waals surface area contributed by atoms with Crippen molar-refractivity contribution in [1.29, 1.82) is 0 Å². The molecule has 1 atom stereocenters. The highest BCUT2D eigenvalue weighted by Crippen LogP contribution is 2.29. The summed E-state index contributed by atoms with van der Waals surface area (Å²) in [4.78, 5) is 0. The monoisotopic (exact) mass is 307 g/mol. The predicted molar refractivity (Wildman–Crippen MR) is 85.9 cm³/mol. The fourth-order valence-corrected chi connectivity index (χ4v) is 3.53. The van der Waals surface area contributed by atoms with Gasteiger partial charge in [-0.2, -0.15) is 0 Å². The molecule has 20 heavy (non-hydrogen) atoms. The molecule has 0 aromatic rings. The highest BCUT2D eigenvalue weighted by atomic mass is 32.2. The normalized spacial score (nSPS) is 16.1. The van der Waals surface area contributed by atoms with Crippen LogP contribution in [0.5, 0.6) is 0 Å². The van der Waals surface area contributed by atoms with Gasteiger partial charge in [0, 0.05) is 20.2 Å². The van der Waals surface area contributed by atoms with Crippen LogP contribution in [0.4, 0.5) is 0 Å². The van der Waals surface area contributed by atoms with Gasteiger partial charge in [0.2, 0.25) is 0 Å². The van der Waals surface area contributed by atoms with Crippen LogP contribution in [0.1, 0.15) is 53.9 Å². The molecule has 122 valence electrons. The molecule has 0 rings (SSSR count). The van der Waals surface area contributed by atoms with Crippen LogP contribution in [0, 0.1) is 5.41 Å². The first kappa shape index (κ1) is 19.9. The Kier molecular flexibility index (Phi) is 8.29. The van der Waals surface area contributed by atoms with E-state index < -0.39 is 14.6 Å². The minimum absolute atomic E-state index is 0.0286. The molecule has 0 fully saturated rings. The number of ether oxygens (including phenoxy) is 1. The van der Waals surface area contributed by atoms with Gasteiger partial charge in [-0.3, -0.25) is 0 Å². The summed E-state index contributed by atoms with van der Waals surface area (Å²) >= 11 is 0. The van der Waals surface area contributed by atoms with E-state index in [1.54, 1.807) is 27.9 Å². The van der Waals surface area contributed by atoms with Crippen LogP contribution in [-0.4, -0.2) is 45.7 Å². The molecular weight excluding hydrogens is 274 g/mol. The minimum atomic E-state index is -3.04. The Hall–Kier alpha value is -0.130. The van der Waals surface area contributed by atoms with Gasteiger partial charge in [-0.05, 0) is 39.0 Å². The van der Waals surface area contributed by atoms with Gasteiger partial charge in [0.25, 0.3) is 0 Å². The molecule has 5 heteroatoms. The summed E-state index contributed by atoms with van der Waals surface area (Å²) in [6, 6.07) is 0. The van der Waals surface area contributed by atoms with Crippen molar-refractivity contribution in [3.63, 3.8) is 0 Å². The standard InChI is InChI=1S/C15H33NO3S/c1-7-8-15(5,13-16-10-11-19-6)9-12-20(17,18)14(2,3)4/h16H,7-13H2,1-6H3. The second-order valence-electron chi connectivity index (χ2n) is 6.91. The lowest BCUT2D eigenvalue weighted by Gasteiger charge is -2.31. The Morgan fingerprint density at radius 1 is 1.10 bits per heavy atom. The molecular formula is C15H33NO3S. The van der Waals surface area contributed by atoms with Crippen molar-refractivity contribution in [2.24, 2.45) is 5.41 Å². The lowest BCUT2D eigenvalue weighted by Crippen LogP contribution is -2.37. The van der Waals surface area contributed by atoms with E-state index in [2.05, 4.69) is 19.2 Å². The summed E-state index contributed by atoms with van der Waals surface area (Å²) in [5, 5.41) is 3.37. The van der Waals surface area contributed by atoms with Gasteiger partial charge in [-0.25, -0.2) is 8.42 Å². The SMILES string of the molecule is CCCC(C)(CCS(=O)(=O)C(C)(C)C)CNCCOC. The van der Waals surface area contributed by atoms with E-state index in [1.807, 2.05) is 0 Å². The van der Waals surface area contributed by atoms with E-state index in [-0.39, 0.29) is 11.2 Å². The first-order chi connectivity index (χ1) is 9.08. The van der Waals surface area contributed by atoms with Crippen LogP contribution >= 0.6 is 0 Å². The van der Waals surface area contributed by atoms with Gasteiger partial charge in [0.1, 0.15) is 0 Å². The predicted octanol–water partition coefficient (Wildman–Crippen LogP) is 2.63. The Morgan fingerprint density at radius 3 is 2.15 bits per heavy atom. The molecule has 0 heterocycles. The van der Waals surface area contributed by atoms with E-state index in [0.29, 0.717) is 13.0 Å². The molecule has 0 saturated carbocycles. The maximum absolute atomic E-state index is 12.2. The summed E-state index contributed by atoms with van der Waals surface area (Å²) in [5.41, 5.74) is 0.0286. The molecule has 4 nitrogen and oxygen atoms in total. The zero-order valence-electron chi connectivity index (χ0n) is 14.1. The van der Waals surface area contributed by atoms with Crippen molar-refractivity contribution >= 4 is 9.84 Å². The molecule has 0 aromatic carbocycles. The zero-order valence-corrected chi connectivity index (χ0v) is 14.9. The van der Waals surface area contributed by atoms with Crippen LogP contribution in [0.3, 0.4) is 0 Å². The summed E-state index contributed by atoms with van der Waals surface area (Å²) in [6.45, 7) is 12.0. The molecule has 1 N–H and O–H groups in total. The van der Waals surface area contributed by atoms with Crippen molar-refractivity contribution in [2.45, 2.75) is 58.6 Å². The first-order valence-electron chi connectivity index (χ1n) is 7.50. The van der Waals surface area contributed by atoms with Crippen molar-refractivity contribution in [3.8, 4) is 0 Å². The zero-order chi connectivity index (χ0) is 15.9. The van der Waals surface area contributed by atoms with Crippen LogP contribution in [0.25, 0.3) is 0 Å². The maximum atomic E-state index is 12.2. The molecule has 0 bridgehead atoms. The Labute approximate surface area is 125 Å². The summed E-state index contributed by atoms with van der Waals surface area (Å²) in [7, 11) is -1.35. The van der Waals surface area contributed by atoms with Gasteiger partial charge in [-0.15, -0.1) is 0 Å². The summed E-state index contributed by atoms with van der Waals surface area (Å²) in [6.07, 6.45) is 2.81. The third-order valence-corrected chi connectivity index (χ3v) is 6.40. The van der Waals surface area contributed by atoms with Gasteiger partial charge in [0.15, 0.2) is 9.84 Å². The third kappa shape index (κ3) is 7.04. The van der Waals surface area contributed by atoms with Gasteiger partial charge in [0.05, 0.1) is 17.1 Å². The minimum Gasteiger partial charge on any atom is -0.383 e. The average molecular weight is 308 g/mol. The van der Waals surface area contributed by atoms with E-state index in [0.717, 1.165) is 25.9 Å². The molecule has 0 amide bonds. The number of hydrogen-bond acceptors (Lipinski definition) is 4. The van der Waals surface area contributed by atoms with Crippen LogP contribution in [0.2, 0.25) is 0 Å². The topological polar surface area (TPSA) is 55.4 Å². The van der Waals surface area contributed by atoms with Crippen molar-refractivity contribution in [1.82, 2.24) is 5.32 Å². The summed E-state index contributed by atoms with van der Waals surface area (Å²) < 4.78 is 28.8. The maximum Gasteiger partial charge on any atom is 0.155 e. The number of methoxy groups -OCH3 is 1. The largest absolute Gasteiger partial charge is 0.383 e. The van der Waals surface area contributed by atoms with Gasteiger partial charge >= 0.3 is 0 Å². The molecule has 0 aliphatic rings. The molecule has 0 saturated heterocycles. The average Bonchev–Trinajstić information content (AvgIpc) is 2.32. The Morgan fingerprint density at radius 2 is 1.70 bits per heavy atom. The molecule has 0 aromatic heterocycles. The highest BCUT2D eigenvalue weighted by Gasteiger charge is 2.32. The third-order valence-electron chi connectivity index (χ3n) is 3.80. The number of sulfone groups is 1. The van der Waals surface area contributed by atoms with E-state index in [1.165, 1.54) is 0 Å². The molecule has 0 aliphatic carbocycles. The van der Waals surface area contributed by atoms with Crippen molar-refractivity contribution < 1.29 is 13.2 Å². The Bertz CT molecular complexity index is 360. The second-order valence-corrected chi connectivity index (χ2v) is 9.77. The van der Waals surface area contributed by atoms with Crippen molar-refractivity contribution in [3.05, 3.63) is 0 Å². The first-order valence-corrected chi connectivity index (χ1v) is 9.15. The fourth-order valence-electron chi connectivity index (χ4n) is 2.16. The second kappa shape index (κ2) is 8.35. The number of nitrogens with one attached hydrogen (secondary N) is 1. The highest BCUT2D eigenvalue weighted by molar-refractivity contribution is 7.92. The van der Waals surface area contributed by atoms with Gasteiger partial charge in [-0.1, -0.05) is 20.3 Å². The van der Waals surface area contributed by atoms with Crippen molar-refractivity contribution in [2.75, 3.05) is 32.6 Å². The van der Waals surface area contributed by atoms with Crippen LogP contribution < -0.4 is 5.32 Å². The van der Waals surface area contributed by atoms with Gasteiger partial charge < -0.3 is 10.1 Å². The lowest BCUT2D eigenvalue weighted by molar-refractivity contribution is 0.189. The fraction of sp³-hybridized carbons (Fsp3) is 1.00. The quantitative estimate of drug-likeness (QED) is 0.630. The van der Waals surface area contributed by atoms with E-state index in [9.17, 15) is 8.42 Å². The van der Waals surface area contributed by atoms with Crippen LogP contribution in [0.15, 0.2) is 0 Å². The van der Waals surface area contributed by atoms with E-state index in [4.69, 9.17) is 4.74 Å². The molecule has 0 radical (unpaired) electrons. The smallest absolute Gasteiger partial charge is 0.155 e. The van der Waals surface area contributed by atoms with Crippen LogP contribution in [-0.2, 0) is 14.6 Å². The lowest BCUT2D eigenvalue weighted by atomic mass is 9.83. The number of hydrogen-bond donors (Lipinski definition) is 1. The van der Waals surface area contributed by atoms with E-state index >= 15 is 0 Å². The molecule has 0 spiro atoms. The Balaban J connectivity index is 4.53. The summed E-state index contributed by atoms with van der Waals surface area (Å²) in [5.74, 6) is 0.263. The number of rotatable bonds is 10. The molecule has 1 unspecified atom stereocenters.